The third-order valence-electron chi connectivity index (χ3n) is 3.21. The van der Waals surface area contributed by atoms with Gasteiger partial charge in [-0.3, -0.25) is 4.79 Å². The summed E-state index contributed by atoms with van der Waals surface area (Å²) < 4.78 is 9.71. The second-order valence-electron chi connectivity index (χ2n) is 5.30. The van der Waals surface area contributed by atoms with Gasteiger partial charge in [0, 0.05) is 20.1 Å². The fraction of sp³-hybridized carbons (Fsp3) is 0.850. The van der Waals surface area contributed by atoms with Crippen molar-refractivity contribution in [3.8, 4) is 0 Å². The molecule has 0 N–H and O–H groups in total. The molecule has 3 nitrogen and oxygen atoms in total. The summed E-state index contributed by atoms with van der Waals surface area (Å²) in [5, 5.41) is 0. The molecule has 0 aliphatic carbocycles. The van der Waals surface area contributed by atoms with E-state index in [2.05, 4.69) is 20.1 Å². The molecule has 0 spiro atoms. The summed E-state index contributed by atoms with van der Waals surface area (Å²) in [7, 11) is 0. The van der Waals surface area contributed by atoms with Gasteiger partial charge in [-0.05, 0) is 20.3 Å². The zero-order valence-corrected chi connectivity index (χ0v) is 16.3. The molecule has 4 heteroatoms. The third-order valence-corrected chi connectivity index (χ3v) is 3.21. The van der Waals surface area contributed by atoms with Gasteiger partial charge < -0.3 is 9.47 Å². The Labute approximate surface area is 174 Å². The number of carbonyl (C=O) groups is 1. The van der Waals surface area contributed by atoms with E-state index >= 15 is 0 Å². The van der Waals surface area contributed by atoms with Crippen molar-refractivity contribution in [2.24, 2.45) is 0 Å². The molecule has 0 saturated heterocycles. The summed E-state index contributed by atoms with van der Waals surface area (Å²) in [6, 6.07) is 0. The summed E-state index contributed by atoms with van der Waals surface area (Å²) in [5.41, 5.74) is 0. The van der Waals surface area contributed by atoms with Crippen LogP contribution in [0.25, 0.3) is 0 Å². The van der Waals surface area contributed by atoms with Gasteiger partial charge in [0.25, 0.3) is 0 Å². The van der Waals surface area contributed by atoms with Crippen molar-refractivity contribution in [3.05, 3.63) is 13.2 Å². The fourth-order valence-electron chi connectivity index (χ4n) is 2.01. The molecule has 0 aromatic carbocycles. The first-order chi connectivity index (χ1) is 11.2. The maximum absolute atomic E-state index is 10.5. The summed E-state index contributed by atoms with van der Waals surface area (Å²) in [4.78, 5) is 10.5. The molecule has 0 aromatic rings. The van der Waals surface area contributed by atoms with Crippen LogP contribution in [-0.4, -0.2) is 55.3 Å². The van der Waals surface area contributed by atoms with Crippen LogP contribution >= 0.6 is 0 Å². The number of hydrogen-bond acceptors (Lipinski definition) is 3. The average molecular weight is 355 g/mol. The van der Waals surface area contributed by atoms with Gasteiger partial charge in [0.2, 0.25) is 0 Å². The van der Waals surface area contributed by atoms with Gasteiger partial charge in [0.05, 0.1) is 6.61 Å². The number of esters is 1. The first-order valence-electron chi connectivity index (χ1n) is 9.40. The second-order valence-corrected chi connectivity index (χ2v) is 5.30. The summed E-state index contributed by atoms with van der Waals surface area (Å²) in [6.07, 6.45) is 13.1. The van der Waals surface area contributed by atoms with Crippen LogP contribution < -0.4 is 0 Å². The predicted octanol–water partition coefficient (Wildman–Crippen LogP) is 5.67. The van der Waals surface area contributed by atoms with Crippen molar-refractivity contribution in [2.75, 3.05) is 19.8 Å². The predicted molar refractivity (Wildman–Crippen MR) is 109 cm³/mol. The molecule has 0 bridgehead atoms. The van der Waals surface area contributed by atoms with E-state index in [9.17, 15) is 4.79 Å². The molecule has 142 valence electrons. The van der Waals surface area contributed by atoms with Crippen molar-refractivity contribution in [2.45, 2.75) is 91.9 Å². The van der Waals surface area contributed by atoms with Gasteiger partial charge >= 0.3 is 35.5 Å². The SMILES string of the molecule is C=C.CCCCCCCCCCCCOC(C)=O.CCOCC.[NaH]. The molecule has 0 aliphatic rings. The molecular weight excluding hydrogens is 311 g/mol. The van der Waals surface area contributed by atoms with E-state index in [1.54, 1.807) is 0 Å². The van der Waals surface area contributed by atoms with Crippen LogP contribution in [0, 0.1) is 0 Å². The van der Waals surface area contributed by atoms with Gasteiger partial charge in [-0.15, -0.1) is 13.2 Å². The molecule has 0 aliphatic heterocycles. The number of carbonyl (C=O) groups excluding carboxylic acids is 1. The Hall–Kier alpha value is 0.170. The van der Waals surface area contributed by atoms with E-state index in [0.29, 0.717) is 6.61 Å². The van der Waals surface area contributed by atoms with Gasteiger partial charge in [-0.25, -0.2) is 0 Å². The Morgan fingerprint density at radius 1 is 0.750 bits per heavy atom. The standard InChI is InChI=1S/C14H28O2.C4H10O.C2H4.Na.H/c1-3-4-5-6-7-8-9-10-11-12-13-16-14(2)15;1-3-5-4-2;1-2;;/h3-13H2,1-2H3;3-4H2,1-2H3;1-2H2;;. The molecule has 0 unspecified atom stereocenters. The van der Waals surface area contributed by atoms with Gasteiger partial charge in [-0.2, -0.15) is 0 Å². The summed E-state index contributed by atoms with van der Waals surface area (Å²) in [6.45, 7) is 16.0. The molecule has 0 amide bonds. The molecule has 0 atom stereocenters. The quantitative estimate of drug-likeness (QED) is 0.185. The zero-order valence-electron chi connectivity index (χ0n) is 16.3. The summed E-state index contributed by atoms with van der Waals surface area (Å²) >= 11 is 0. The number of hydrogen-bond donors (Lipinski definition) is 0. The van der Waals surface area contributed by atoms with E-state index in [0.717, 1.165) is 19.6 Å². The third kappa shape index (κ3) is 43.2. The van der Waals surface area contributed by atoms with Crippen LogP contribution in [0.1, 0.15) is 91.9 Å². The Kier molecular flexibility index (Phi) is 45.8. The van der Waals surface area contributed by atoms with Gasteiger partial charge in [0.1, 0.15) is 0 Å². The Morgan fingerprint density at radius 3 is 1.42 bits per heavy atom. The van der Waals surface area contributed by atoms with Crippen LogP contribution in [0.15, 0.2) is 13.2 Å². The van der Waals surface area contributed by atoms with Crippen LogP contribution in [0.4, 0.5) is 0 Å². The van der Waals surface area contributed by atoms with Crippen LogP contribution in [0.2, 0.25) is 0 Å². The fourth-order valence-corrected chi connectivity index (χ4v) is 2.01. The van der Waals surface area contributed by atoms with E-state index in [4.69, 9.17) is 9.47 Å². The normalized spacial score (nSPS) is 8.83. The van der Waals surface area contributed by atoms with Crippen molar-refractivity contribution in [1.29, 1.82) is 0 Å². The Balaban J connectivity index is -0.000000213. The molecule has 0 rings (SSSR count). The minimum atomic E-state index is -0.157. The monoisotopic (exact) mass is 354 g/mol. The second kappa shape index (κ2) is 34.5. The number of rotatable bonds is 13. The van der Waals surface area contributed by atoms with Crippen molar-refractivity contribution >= 4 is 35.5 Å². The maximum atomic E-state index is 10.5. The number of ether oxygens (including phenoxy) is 2. The minimum absolute atomic E-state index is 0. The van der Waals surface area contributed by atoms with E-state index in [-0.39, 0.29) is 35.5 Å². The van der Waals surface area contributed by atoms with E-state index < -0.39 is 0 Å². The van der Waals surface area contributed by atoms with Crippen molar-refractivity contribution < 1.29 is 14.3 Å². The van der Waals surface area contributed by atoms with Crippen LogP contribution in [0.5, 0.6) is 0 Å². The zero-order chi connectivity index (χ0) is 18.2. The van der Waals surface area contributed by atoms with Gasteiger partial charge in [0.15, 0.2) is 0 Å². The molecule has 0 saturated carbocycles. The topological polar surface area (TPSA) is 35.5 Å². The van der Waals surface area contributed by atoms with Gasteiger partial charge in [-0.1, -0.05) is 64.7 Å². The van der Waals surface area contributed by atoms with Crippen molar-refractivity contribution in [3.63, 3.8) is 0 Å². The van der Waals surface area contributed by atoms with Crippen LogP contribution in [-0.2, 0) is 14.3 Å². The Bertz CT molecular complexity index is 209. The first kappa shape index (κ1) is 31.9. The first-order valence-corrected chi connectivity index (χ1v) is 9.40. The van der Waals surface area contributed by atoms with E-state index in [1.807, 2.05) is 13.8 Å². The molecule has 0 heterocycles. The van der Waals surface area contributed by atoms with Crippen molar-refractivity contribution in [1.82, 2.24) is 0 Å². The molecule has 0 fully saturated rings. The summed E-state index contributed by atoms with van der Waals surface area (Å²) in [5.74, 6) is -0.157. The molecule has 0 radical (unpaired) electrons. The number of unbranched alkanes of at least 4 members (excludes halogenated alkanes) is 9. The van der Waals surface area contributed by atoms with E-state index in [1.165, 1.54) is 64.7 Å². The average Bonchev–Trinajstić information content (AvgIpc) is 2.55. The Morgan fingerprint density at radius 2 is 1.12 bits per heavy atom. The molecule has 24 heavy (non-hydrogen) atoms. The molecule has 0 aromatic heterocycles. The molecular formula is C20H43NaO3. The van der Waals surface area contributed by atoms with Crippen LogP contribution in [0.3, 0.4) is 0 Å².